The molecule has 1 saturated heterocycles. The van der Waals surface area contributed by atoms with E-state index >= 15 is 0 Å². The van der Waals surface area contributed by atoms with Crippen molar-refractivity contribution in [3.63, 3.8) is 0 Å². The summed E-state index contributed by atoms with van der Waals surface area (Å²) in [5.41, 5.74) is 1.61. The minimum atomic E-state index is 0.270. The van der Waals surface area contributed by atoms with Gasteiger partial charge in [-0.1, -0.05) is 24.4 Å². The van der Waals surface area contributed by atoms with Crippen molar-refractivity contribution in [3.05, 3.63) is 29.3 Å². The van der Waals surface area contributed by atoms with Crippen LogP contribution in [0.2, 0.25) is 5.02 Å². The Hall–Kier alpha value is -0.730. The molecule has 0 bridgehead atoms. The lowest BCUT2D eigenvalue weighted by Crippen LogP contribution is -2.65. The van der Waals surface area contributed by atoms with Crippen LogP contribution in [0, 0.1) is 0 Å². The van der Waals surface area contributed by atoms with Crippen LogP contribution >= 0.6 is 11.6 Å². The van der Waals surface area contributed by atoms with Gasteiger partial charge in [-0.2, -0.15) is 0 Å². The Labute approximate surface area is 134 Å². The molecule has 0 spiro atoms. The lowest BCUT2D eigenvalue weighted by molar-refractivity contribution is 0.0289. The van der Waals surface area contributed by atoms with Crippen LogP contribution in [-0.4, -0.2) is 35.6 Å². The van der Waals surface area contributed by atoms with E-state index in [0.29, 0.717) is 12.1 Å². The second-order valence-electron chi connectivity index (χ2n) is 7.45. The van der Waals surface area contributed by atoms with Crippen LogP contribution in [0.15, 0.2) is 24.3 Å². The average Bonchev–Trinajstić information content (AvgIpc) is 2.46. The van der Waals surface area contributed by atoms with Gasteiger partial charge in [0.15, 0.2) is 0 Å². The number of nitrogens with zero attached hydrogens (tertiary/aromatic N) is 2. The predicted octanol–water partition coefficient (Wildman–Crippen LogP) is 4.57. The SMILES string of the molecule is CC(C)(C)N1CCN(c2ccc(Cl)cc2)C2CCCCC21. The van der Waals surface area contributed by atoms with E-state index in [9.17, 15) is 0 Å². The van der Waals surface area contributed by atoms with E-state index in [4.69, 9.17) is 11.6 Å². The van der Waals surface area contributed by atoms with E-state index in [0.717, 1.165) is 18.1 Å². The Kier molecular flexibility index (Phi) is 4.20. The van der Waals surface area contributed by atoms with Crippen LogP contribution < -0.4 is 4.90 Å². The Morgan fingerprint density at radius 1 is 0.952 bits per heavy atom. The molecule has 1 heterocycles. The molecule has 2 unspecified atom stereocenters. The minimum absolute atomic E-state index is 0.270. The van der Waals surface area contributed by atoms with Crippen LogP contribution in [-0.2, 0) is 0 Å². The van der Waals surface area contributed by atoms with Crippen molar-refractivity contribution in [2.24, 2.45) is 0 Å². The molecule has 21 heavy (non-hydrogen) atoms. The van der Waals surface area contributed by atoms with E-state index in [2.05, 4.69) is 42.7 Å². The van der Waals surface area contributed by atoms with Crippen LogP contribution in [0.5, 0.6) is 0 Å². The van der Waals surface area contributed by atoms with Gasteiger partial charge in [0.05, 0.1) is 0 Å². The van der Waals surface area contributed by atoms with Crippen LogP contribution in [0.3, 0.4) is 0 Å². The fraction of sp³-hybridized carbons (Fsp3) is 0.667. The molecule has 0 N–H and O–H groups in total. The van der Waals surface area contributed by atoms with Gasteiger partial charge in [-0.05, 0) is 57.9 Å². The standard InChI is InChI=1S/C18H27ClN2/c1-18(2,3)21-13-12-20(15-10-8-14(19)9-11-15)16-6-4-5-7-17(16)21/h8-11,16-17H,4-7,12-13H2,1-3H3. The van der Waals surface area contributed by atoms with E-state index in [-0.39, 0.29) is 5.54 Å². The summed E-state index contributed by atoms with van der Waals surface area (Å²) in [7, 11) is 0. The Balaban J connectivity index is 1.86. The third kappa shape index (κ3) is 3.07. The highest BCUT2D eigenvalue weighted by molar-refractivity contribution is 6.30. The molecule has 1 aromatic rings. The monoisotopic (exact) mass is 306 g/mol. The average molecular weight is 307 g/mol. The van der Waals surface area contributed by atoms with Gasteiger partial charge in [-0.3, -0.25) is 4.90 Å². The first-order valence-electron chi connectivity index (χ1n) is 8.26. The third-order valence-electron chi connectivity index (χ3n) is 5.10. The second kappa shape index (κ2) is 5.81. The quantitative estimate of drug-likeness (QED) is 0.750. The second-order valence-corrected chi connectivity index (χ2v) is 7.89. The van der Waals surface area contributed by atoms with E-state index < -0.39 is 0 Å². The maximum Gasteiger partial charge on any atom is 0.0446 e. The van der Waals surface area contributed by atoms with Gasteiger partial charge in [0.25, 0.3) is 0 Å². The van der Waals surface area contributed by atoms with E-state index in [1.165, 1.54) is 31.4 Å². The Morgan fingerprint density at radius 3 is 2.19 bits per heavy atom. The van der Waals surface area contributed by atoms with Crippen molar-refractivity contribution >= 4 is 17.3 Å². The summed E-state index contributed by atoms with van der Waals surface area (Å²) in [4.78, 5) is 5.37. The summed E-state index contributed by atoms with van der Waals surface area (Å²) in [6.07, 6.45) is 5.40. The minimum Gasteiger partial charge on any atom is -0.366 e. The molecule has 1 aliphatic heterocycles. The van der Waals surface area contributed by atoms with Gasteiger partial charge in [-0.25, -0.2) is 0 Å². The predicted molar refractivity (Wildman–Crippen MR) is 91.3 cm³/mol. The van der Waals surface area contributed by atoms with Crippen molar-refractivity contribution in [2.45, 2.75) is 64.1 Å². The topological polar surface area (TPSA) is 6.48 Å². The number of hydrogen-bond acceptors (Lipinski definition) is 2. The number of hydrogen-bond donors (Lipinski definition) is 0. The molecular formula is C18H27ClN2. The summed E-state index contributed by atoms with van der Waals surface area (Å²) in [5, 5.41) is 0.826. The molecule has 1 aromatic carbocycles. The molecular weight excluding hydrogens is 280 g/mol. The van der Waals surface area contributed by atoms with Crippen molar-refractivity contribution in [3.8, 4) is 0 Å². The highest BCUT2D eigenvalue weighted by Crippen LogP contribution is 2.36. The number of anilines is 1. The summed E-state index contributed by atoms with van der Waals surface area (Å²) in [5.74, 6) is 0. The fourth-order valence-electron chi connectivity index (χ4n) is 4.15. The van der Waals surface area contributed by atoms with Gasteiger partial charge in [0.2, 0.25) is 0 Å². The van der Waals surface area contributed by atoms with Gasteiger partial charge in [0.1, 0.15) is 0 Å². The zero-order chi connectivity index (χ0) is 15.0. The molecule has 116 valence electrons. The maximum atomic E-state index is 6.04. The molecule has 1 aliphatic carbocycles. The van der Waals surface area contributed by atoms with Crippen molar-refractivity contribution < 1.29 is 0 Å². The lowest BCUT2D eigenvalue weighted by Gasteiger charge is -2.55. The summed E-state index contributed by atoms with van der Waals surface area (Å²) in [6.45, 7) is 9.36. The summed E-state index contributed by atoms with van der Waals surface area (Å²) >= 11 is 6.04. The molecule has 0 radical (unpaired) electrons. The van der Waals surface area contributed by atoms with Crippen LogP contribution in [0.1, 0.15) is 46.5 Å². The third-order valence-corrected chi connectivity index (χ3v) is 5.35. The molecule has 2 nitrogen and oxygen atoms in total. The first-order valence-corrected chi connectivity index (χ1v) is 8.63. The first kappa shape index (κ1) is 15.2. The van der Waals surface area contributed by atoms with Crippen molar-refractivity contribution in [2.75, 3.05) is 18.0 Å². The zero-order valence-corrected chi connectivity index (χ0v) is 14.2. The highest BCUT2D eigenvalue weighted by Gasteiger charge is 2.41. The molecule has 0 aromatic heterocycles. The molecule has 0 amide bonds. The Bertz CT molecular complexity index is 477. The summed E-state index contributed by atoms with van der Waals surface area (Å²) < 4.78 is 0. The number of fused-ring (bicyclic) bond motifs is 1. The highest BCUT2D eigenvalue weighted by atomic mass is 35.5. The maximum absolute atomic E-state index is 6.04. The van der Waals surface area contributed by atoms with E-state index in [1.807, 2.05) is 12.1 Å². The van der Waals surface area contributed by atoms with Crippen molar-refractivity contribution in [1.82, 2.24) is 4.90 Å². The van der Waals surface area contributed by atoms with Crippen LogP contribution in [0.25, 0.3) is 0 Å². The van der Waals surface area contributed by atoms with Gasteiger partial charge in [-0.15, -0.1) is 0 Å². The molecule has 3 rings (SSSR count). The number of benzene rings is 1. The number of rotatable bonds is 1. The summed E-state index contributed by atoms with van der Waals surface area (Å²) in [6, 6.07) is 9.76. The molecule has 2 atom stereocenters. The molecule has 1 saturated carbocycles. The Morgan fingerprint density at radius 2 is 1.57 bits per heavy atom. The number of piperazine rings is 1. The molecule has 2 fully saturated rings. The fourth-order valence-corrected chi connectivity index (χ4v) is 4.28. The largest absolute Gasteiger partial charge is 0.366 e. The van der Waals surface area contributed by atoms with E-state index in [1.54, 1.807) is 0 Å². The van der Waals surface area contributed by atoms with Gasteiger partial charge >= 0.3 is 0 Å². The molecule has 2 aliphatic rings. The van der Waals surface area contributed by atoms with Crippen LogP contribution in [0.4, 0.5) is 5.69 Å². The number of halogens is 1. The molecule has 3 heteroatoms. The first-order chi connectivity index (χ1) is 9.97. The normalized spacial score (nSPS) is 27.5. The van der Waals surface area contributed by atoms with Gasteiger partial charge in [0, 0.05) is 41.4 Å². The zero-order valence-electron chi connectivity index (χ0n) is 13.5. The smallest absolute Gasteiger partial charge is 0.0446 e. The van der Waals surface area contributed by atoms with Crippen molar-refractivity contribution in [1.29, 1.82) is 0 Å². The van der Waals surface area contributed by atoms with Gasteiger partial charge < -0.3 is 4.90 Å². The lowest BCUT2D eigenvalue weighted by atomic mass is 9.83.